The lowest BCUT2D eigenvalue weighted by molar-refractivity contribution is 0.0697. The van der Waals surface area contributed by atoms with E-state index in [9.17, 15) is 9.18 Å². The van der Waals surface area contributed by atoms with Gasteiger partial charge in [-0.1, -0.05) is 35.3 Å². The van der Waals surface area contributed by atoms with Gasteiger partial charge in [0.05, 0.1) is 28.4 Å². The van der Waals surface area contributed by atoms with Crippen LogP contribution in [0.2, 0.25) is 10.0 Å². The zero-order chi connectivity index (χ0) is 23.8. The maximum Gasteiger partial charge on any atom is 0.335 e. The number of aliphatic imine (C=N–C) groups is 1. The molecule has 0 aliphatic carbocycles. The Kier molecular flexibility index (Phi) is 5.77. The summed E-state index contributed by atoms with van der Waals surface area (Å²) in [4.78, 5) is 20.3. The first kappa shape index (κ1) is 22.1. The van der Waals surface area contributed by atoms with Gasteiger partial charge in [-0.2, -0.15) is 0 Å². The molecule has 0 saturated heterocycles. The normalized spacial score (nSPS) is 12.3. The van der Waals surface area contributed by atoms with E-state index in [4.69, 9.17) is 33.3 Å². The number of benzene rings is 3. The summed E-state index contributed by atoms with van der Waals surface area (Å²) in [6, 6.07) is 18.2. The van der Waals surface area contributed by atoms with Gasteiger partial charge in [-0.3, -0.25) is 4.99 Å². The van der Waals surface area contributed by atoms with Crippen molar-refractivity contribution in [3.05, 3.63) is 111 Å². The molecule has 5 nitrogen and oxygen atoms in total. The molecule has 0 saturated carbocycles. The Morgan fingerprint density at radius 1 is 0.971 bits per heavy atom. The lowest BCUT2D eigenvalue weighted by Gasteiger charge is -2.14. The molecule has 0 amide bonds. The third-order valence-corrected chi connectivity index (χ3v) is 6.07. The number of fused-ring (bicyclic) bond motifs is 3. The zero-order valence-electron chi connectivity index (χ0n) is 17.5. The molecule has 1 aromatic heterocycles. The molecular formula is C26H16Cl2FN3O2. The highest BCUT2D eigenvalue weighted by molar-refractivity contribution is 6.36. The molecule has 0 fully saturated rings. The predicted octanol–water partition coefficient (Wildman–Crippen LogP) is 6.99. The number of hydrogen-bond donors (Lipinski definition) is 2. The van der Waals surface area contributed by atoms with Crippen molar-refractivity contribution < 1.29 is 14.3 Å². The zero-order valence-corrected chi connectivity index (χ0v) is 19.0. The number of nitrogens with zero attached hydrogens (tertiary/aromatic N) is 2. The Morgan fingerprint density at radius 3 is 2.50 bits per heavy atom. The highest BCUT2D eigenvalue weighted by atomic mass is 35.5. The molecule has 8 heteroatoms. The van der Waals surface area contributed by atoms with E-state index in [-0.39, 0.29) is 22.7 Å². The minimum atomic E-state index is -0.990. The van der Waals surface area contributed by atoms with Crippen molar-refractivity contribution in [2.75, 3.05) is 5.32 Å². The first-order valence-corrected chi connectivity index (χ1v) is 11.0. The van der Waals surface area contributed by atoms with Crippen LogP contribution < -0.4 is 5.32 Å². The Morgan fingerprint density at radius 2 is 1.76 bits per heavy atom. The van der Waals surface area contributed by atoms with Crippen LogP contribution in [0.5, 0.6) is 0 Å². The molecule has 3 aromatic carbocycles. The molecule has 1 aliphatic heterocycles. The van der Waals surface area contributed by atoms with Gasteiger partial charge < -0.3 is 10.4 Å². The summed E-state index contributed by atoms with van der Waals surface area (Å²) in [6.07, 6.45) is 1.72. The molecule has 0 radical (unpaired) electrons. The van der Waals surface area contributed by atoms with Gasteiger partial charge in [0, 0.05) is 22.5 Å². The van der Waals surface area contributed by atoms with Gasteiger partial charge >= 0.3 is 5.97 Å². The van der Waals surface area contributed by atoms with Gasteiger partial charge in [-0.25, -0.2) is 14.2 Å². The van der Waals surface area contributed by atoms with Crippen LogP contribution in [0.1, 0.15) is 27.0 Å². The summed E-state index contributed by atoms with van der Waals surface area (Å²) in [5.41, 5.74) is 4.76. The molecule has 0 unspecified atom stereocenters. The number of halogens is 3. The summed E-state index contributed by atoms with van der Waals surface area (Å²) in [5.74, 6) is -0.890. The Labute approximate surface area is 204 Å². The SMILES string of the molecule is O=C(O)c1ccc(Nc2cc3c(cn2)CN=C(c2c(F)cccc2Cl)c2cc(Cl)ccc2-3)cc1. The maximum atomic E-state index is 14.8. The fourth-order valence-corrected chi connectivity index (χ4v) is 4.33. The molecular weight excluding hydrogens is 476 g/mol. The van der Waals surface area contributed by atoms with Crippen molar-refractivity contribution >= 4 is 46.4 Å². The molecule has 4 aromatic rings. The van der Waals surface area contributed by atoms with Gasteiger partial charge in [0.25, 0.3) is 0 Å². The fraction of sp³-hybridized carbons (Fsp3) is 0.0385. The van der Waals surface area contributed by atoms with E-state index in [0.29, 0.717) is 27.8 Å². The first-order chi connectivity index (χ1) is 16.4. The second-order valence-corrected chi connectivity index (χ2v) is 8.53. The van der Waals surface area contributed by atoms with Crippen LogP contribution in [-0.4, -0.2) is 21.8 Å². The first-order valence-electron chi connectivity index (χ1n) is 10.3. The number of carbonyl (C=O) groups is 1. The van der Waals surface area contributed by atoms with E-state index >= 15 is 0 Å². The number of anilines is 2. The van der Waals surface area contributed by atoms with Gasteiger partial charge in [-0.15, -0.1) is 0 Å². The number of hydrogen-bond acceptors (Lipinski definition) is 4. The topological polar surface area (TPSA) is 74.6 Å². The minimum Gasteiger partial charge on any atom is -0.478 e. The van der Waals surface area contributed by atoms with E-state index < -0.39 is 11.8 Å². The molecule has 0 atom stereocenters. The third-order valence-electron chi connectivity index (χ3n) is 5.52. The Balaban J connectivity index is 1.59. The number of pyridine rings is 1. The van der Waals surface area contributed by atoms with Crippen molar-refractivity contribution in [1.82, 2.24) is 4.98 Å². The number of carboxylic acids is 1. The van der Waals surface area contributed by atoms with Crippen LogP contribution in [0, 0.1) is 5.82 Å². The van der Waals surface area contributed by atoms with Crippen molar-refractivity contribution in [2.45, 2.75) is 6.54 Å². The van der Waals surface area contributed by atoms with Gasteiger partial charge in [0.15, 0.2) is 0 Å². The van der Waals surface area contributed by atoms with Crippen molar-refractivity contribution in [2.24, 2.45) is 4.99 Å². The van der Waals surface area contributed by atoms with E-state index in [0.717, 1.165) is 16.7 Å². The van der Waals surface area contributed by atoms with Crippen molar-refractivity contribution in [3.8, 4) is 11.1 Å². The molecule has 0 spiro atoms. The predicted molar refractivity (Wildman–Crippen MR) is 132 cm³/mol. The standard InChI is InChI=1S/C26H16Cl2FN3O2/c27-16-6-9-18-19-11-23(32-17-7-4-14(5-8-17)26(33)34)30-12-15(19)13-31-25(20(18)10-16)24-21(28)2-1-3-22(24)29/h1-12H,13H2,(H,30,32)(H,33,34). The fourth-order valence-electron chi connectivity index (χ4n) is 3.91. The number of aromatic carboxylic acids is 1. The van der Waals surface area contributed by atoms with Crippen LogP contribution in [0.25, 0.3) is 11.1 Å². The number of nitrogens with one attached hydrogen (secondary N) is 1. The van der Waals surface area contributed by atoms with Crippen LogP contribution in [0.4, 0.5) is 15.9 Å². The summed E-state index contributed by atoms with van der Waals surface area (Å²) in [7, 11) is 0. The molecule has 2 N–H and O–H groups in total. The summed E-state index contributed by atoms with van der Waals surface area (Å²) >= 11 is 12.7. The summed E-state index contributed by atoms with van der Waals surface area (Å²) in [6.45, 7) is 0.280. The molecule has 1 aliphatic rings. The number of carboxylic acid groups (broad SMARTS) is 1. The second kappa shape index (κ2) is 8.89. The monoisotopic (exact) mass is 491 g/mol. The van der Waals surface area contributed by atoms with E-state index in [1.807, 2.05) is 12.1 Å². The van der Waals surface area contributed by atoms with E-state index in [1.165, 1.54) is 18.2 Å². The highest BCUT2D eigenvalue weighted by Crippen LogP contribution is 2.37. The molecule has 5 rings (SSSR count). The average Bonchev–Trinajstić information content (AvgIpc) is 2.96. The largest absolute Gasteiger partial charge is 0.478 e. The van der Waals surface area contributed by atoms with Crippen LogP contribution in [0.15, 0.2) is 77.9 Å². The molecule has 2 heterocycles. The summed E-state index contributed by atoms with van der Waals surface area (Å²) < 4.78 is 14.8. The van der Waals surface area contributed by atoms with E-state index in [2.05, 4.69) is 10.3 Å². The van der Waals surface area contributed by atoms with Crippen molar-refractivity contribution in [3.63, 3.8) is 0 Å². The lowest BCUT2D eigenvalue weighted by atomic mass is 9.92. The van der Waals surface area contributed by atoms with Gasteiger partial charge in [0.1, 0.15) is 11.6 Å². The molecule has 34 heavy (non-hydrogen) atoms. The quantitative estimate of drug-likeness (QED) is 0.322. The molecule has 0 bridgehead atoms. The second-order valence-electron chi connectivity index (χ2n) is 7.69. The number of rotatable bonds is 4. The van der Waals surface area contributed by atoms with Crippen LogP contribution in [-0.2, 0) is 6.54 Å². The lowest BCUT2D eigenvalue weighted by Crippen LogP contribution is -2.08. The van der Waals surface area contributed by atoms with Crippen molar-refractivity contribution in [1.29, 1.82) is 0 Å². The molecule has 168 valence electrons. The highest BCUT2D eigenvalue weighted by Gasteiger charge is 2.23. The number of aromatic nitrogens is 1. The summed E-state index contributed by atoms with van der Waals surface area (Å²) in [5, 5.41) is 13.0. The Bertz CT molecular complexity index is 1450. The van der Waals surface area contributed by atoms with Gasteiger partial charge in [-0.05, 0) is 71.3 Å². The smallest absolute Gasteiger partial charge is 0.335 e. The minimum absolute atomic E-state index is 0.197. The van der Waals surface area contributed by atoms with Gasteiger partial charge in [0.2, 0.25) is 0 Å². The van der Waals surface area contributed by atoms with Crippen LogP contribution >= 0.6 is 23.2 Å². The third kappa shape index (κ3) is 4.14. The van der Waals surface area contributed by atoms with E-state index in [1.54, 1.807) is 42.6 Å². The average molecular weight is 492 g/mol. The van der Waals surface area contributed by atoms with Crippen LogP contribution in [0.3, 0.4) is 0 Å². The Hall–Kier alpha value is -3.74. The maximum absolute atomic E-state index is 14.8.